The number of benzene rings is 1. The normalized spacial score (nSPS) is 11.4. The topological polar surface area (TPSA) is 50.9 Å². The van der Waals surface area contributed by atoms with E-state index in [4.69, 9.17) is 17.3 Å². The Labute approximate surface area is 112 Å². The third kappa shape index (κ3) is 3.08. The molecular formula is C12H9ClF3N3. The Morgan fingerprint density at radius 3 is 2.53 bits per heavy atom. The van der Waals surface area contributed by atoms with Gasteiger partial charge in [0.05, 0.1) is 16.9 Å². The van der Waals surface area contributed by atoms with Crippen LogP contribution in [0.25, 0.3) is 0 Å². The molecule has 0 spiro atoms. The summed E-state index contributed by atoms with van der Waals surface area (Å²) in [5, 5.41) is 2.62. The highest BCUT2D eigenvalue weighted by Crippen LogP contribution is 2.38. The predicted molar refractivity (Wildman–Crippen MR) is 68.4 cm³/mol. The maximum Gasteiger partial charge on any atom is 0.418 e. The van der Waals surface area contributed by atoms with Crippen LogP contribution in [0.5, 0.6) is 0 Å². The molecular weight excluding hydrogens is 279 g/mol. The molecule has 0 saturated heterocycles. The number of rotatable bonds is 2. The van der Waals surface area contributed by atoms with Crippen molar-refractivity contribution in [2.75, 3.05) is 11.1 Å². The standard InChI is InChI=1S/C12H9ClF3N3/c13-7-3-4-9(8(6-7)12(14,15)16)19-10-2-1-5-18-11(10)17/h1-6,19H,(H2,17,18). The van der Waals surface area contributed by atoms with E-state index in [0.29, 0.717) is 5.69 Å². The second-order valence-corrected chi connectivity index (χ2v) is 4.19. The molecule has 100 valence electrons. The van der Waals surface area contributed by atoms with E-state index in [1.807, 2.05) is 0 Å². The molecule has 0 atom stereocenters. The van der Waals surface area contributed by atoms with Crippen molar-refractivity contribution >= 4 is 28.8 Å². The van der Waals surface area contributed by atoms with E-state index in [2.05, 4.69) is 10.3 Å². The molecule has 0 unspecified atom stereocenters. The zero-order valence-electron chi connectivity index (χ0n) is 9.50. The van der Waals surface area contributed by atoms with E-state index in [1.54, 1.807) is 6.07 Å². The summed E-state index contributed by atoms with van der Waals surface area (Å²) in [6.07, 6.45) is -3.06. The van der Waals surface area contributed by atoms with Crippen LogP contribution in [0.4, 0.5) is 30.4 Å². The number of alkyl halides is 3. The van der Waals surface area contributed by atoms with Crippen LogP contribution in [0, 0.1) is 0 Å². The van der Waals surface area contributed by atoms with E-state index >= 15 is 0 Å². The number of nitrogen functional groups attached to an aromatic ring is 1. The number of hydrogen-bond donors (Lipinski definition) is 2. The van der Waals surface area contributed by atoms with Crippen LogP contribution < -0.4 is 11.1 Å². The van der Waals surface area contributed by atoms with Crippen LogP contribution >= 0.6 is 11.6 Å². The number of nitrogens with zero attached hydrogens (tertiary/aromatic N) is 1. The maximum atomic E-state index is 12.9. The van der Waals surface area contributed by atoms with Gasteiger partial charge in [0.25, 0.3) is 0 Å². The quantitative estimate of drug-likeness (QED) is 0.875. The van der Waals surface area contributed by atoms with Crippen molar-refractivity contribution in [3.63, 3.8) is 0 Å². The number of halogens is 4. The Morgan fingerprint density at radius 2 is 1.89 bits per heavy atom. The van der Waals surface area contributed by atoms with Gasteiger partial charge in [0.1, 0.15) is 5.82 Å². The largest absolute Gasteiger partial charge is 0.418 e. The Balaban J connectivity index is 2.44. The van der Waals surface area contributed by atoms with Gasteiger partial charge in [-0.1, -0.05) is 11.6 Å². The smallest absolute Gasteiger partial charge is 0.382 e. The highest BCUT2D eigenvalue weighted by Gasteiger charge is 2.33. The molecule has 0 aliphatic carbocycles. The SMILES string of the molecule is Nc1ncccc1Nc1ccc(Cl)cc1C(F)(F)F. The fraction of sp³-hybridized carbons (Fsp3) is 0.0833. The Kier molecular flexibility index (Phi) is 3.53. The fourth-order valence-electron chi connectivity index (χ4n) is 1.53. The number of hydrogen-bond acceptors (Lipinski definition) is 3. The van der Waals surface area contributed by atoms with Crippen molar-refractivity contribution in [3.8, 4) is 0 Å². The summed E-state index contributed by atoms with van der Waals surface area (Å²) in [6, 6.07) is 6.58. The van der Waals surface area contributed by atoms with Gasteiger partial charge in [0.2, 0.25) is 0 Å². The van der Waals surface area contributed by atoms with Crippen molar-refractivity contribution in [1.82, 2.24) is 4.98 Å². The summed E-state index contributed by atoms with van der Waals surface area (Å²) in [5.41, 5.74) is 4.89. The lowest BCUT2D eigenvalue weighted by Gasteiger charge is -2.15. The predicted octanol–water partition coefficient (Wildman–Crippen LogP) is 4.08. The van der Waals surface area contributed by atoms with Crippen LogP contribution in [0.3, 0.4) is 0 Å². The van der Waals surface area contributed by atoms with Crippen LogP contribution in [-0.4, -0.2) is 4.98 Å². The summed E-state index contributed by atoms with van der Waals surface area (Å²) in [5.74, 6) is 0.116. The molecule has 2 rings (SSSR count). The Morgan fingerprint density at radius 1 is 1.16 bits per heavy atom. The molecule has 0 bridgehead atoms. The Hall–Kier alpha value is -1.95. The molecule has 7 heteroatoms. The van der Waals surface area contributed by atoms with Crippen molar-refractivity contribution in [3.05, 3.63) is 47.1 Å². The first-order valence-electron chi connectivity index (χ1n) is 5.22. The monoisotopic (exact) mass is 287 g/mol. The van der Waals surface area contributed by atoms with Gasteiger partial charge in [0.15, 0.2) is 0 Å². The van der Waals surface area contributed by atoms with Gasteiger partial charge in [-0.25, -0.2) is 4.98 Å². The summed E-state index contributed by atoms with van der Waals surface area (Å²) in [4.78, 5) is 3.79. The van der Waals surface area contributed by atoms with E-state index < -0.39 is 11.7 Å². The van der Waals surface area contributed by atoms with E-state index in [0.717, 1.165) is 6.07 Å². The summed E-state index contributed by atoms with van der Waals surface area (Å²) in [6.45, 7) is 0. The van der Waals surface area contributed by atoms with Crippen molar-refractivity contribution in [2.45, 2.75) is 6.18 Å². The molecule has 0 fully saturated rings. The highest BCUT2D eigenvalue weighted by atomic mass is 35.5. The van der Waals surface area contributed by atoms with Crippen molar-refractivity contribution < 1.29 is 13.2 Å². The number of anilines is 3. The van der Waals surface area contributed by atoms with Crippen molar-refractivity contribution in [2.24, 2.45) is 0 Å². The van der Waals surface area contributed by atoms with E-state index in [1.165, 1.54) is 24.4 Å². The number of nitrogens with two attached hydrogens (primary N) is 1. The third-order valence-corrected chi connectivity index (χ3v) is 2.63. The molecule has 0 radical (unpaired) electrons. The lowest BCUT2D eigenvalue weighted by molar-refractivity contribution is -0.136. The van der Waals surface area contributed by atoms with Gasteiger partial charge in [-0.05, 0) is 30.3 Å². The molecule has 0 aliphatic rings. The lowest BCUT2D eigenvalue weighted by Crippen LogP contribution is -2.09. The van der Waals surface area contributed by atoms with Gasteiger partial charge in [0, 0.05) is 11.2 Å². The average Bonchev–Trinajstić information content (AvgIpc) is 2.33. The second-order valence-electron chi connectivity index (χ2n) is 3.75. The number of pyridine rings is 1. The molecule has 1 aromatic heterocycles. The summed E-state index contributed by atoms with van der Waals surface area (Å²) >= 11 is 5.59. The molecule has 2 aromatic rings. The van der Waals surface area contributed by atoms with Gasteiger partial charge < -0.3 is 11.1 Å². The summed E-state index contributed by atoms with van der Waals surface area (Å²) < 4.78 is 38.7. The maximum absolute atomic E-state index is 12.9. The first-order chi connectivity index (χ1) is 8.88. The van der Waals surface area contributed by atoms with Crippen LogP contribution in [0.2, 0.25) is 5.02 Å². The third-order valence-electron chi connectivity index (χ3n) is 2.39. The van der Waals surface area contributed by atoms with Crippen LogP contribution in [-0.2, 0) is 6.18 Å². The molecule has 3 N–H and O–H groups in total. The van der Waals surface area contributed by atoms with Gasteiger partial charge in [-0.15, -0.1) is 0 Å². The minimum Gasteiger partial charge on any atom is -0.382 e. The second kappa shape index (κ2) is 4.97. The van der Waals surface area contributed by atoms with Gasteiger partial charge in [-0.3, -0.25) is 0 Å². The van der Waals surface area contributed by atoms with Crippen LogP contribution in [0.15, 0.2) is 36.5 Å². The minimum atomic E-state index is -4.51. The minimum absolute atomic E-state index is 0.0111. The van der Waals surface area contributed by atoms with E-state index in [-0.39, 0.29) is 16.5 Å². The molecule has 0 aliphatic heterocycles. The fourth-order valence-corrected chi connectivity index (χ4v) is 1.70. The molecule has 0 amide bonds. The molecule has 3 nitrogen and oxygen atoms in total. The van der Waals surface area contributed by atoms with Gasteiger partial charge in [-0.2, -0.15) is 13.2 Å². The van der Waals surface area contributed by atoms with Crippen molar-refractivity contribution in [1.29, 1.82) is 0 Å². The molecule has 1 aromatic carbocycles. The van der Waals surface area contributed by atoms with E-state index in [9.17, 15) is 13.2 Å². The zero-order chi connectivity index (χ0) is 14.0. The molecule has 1 heterocycles. The Bertz CT molecular complexity index is 599. The first-order valence-corrected chi connectivity index (χ1v) is 5.60. The first kappa shape index (κ1) is 13.5. The summed E-state index contributed by atoms with van der Waals surface area (Å²) in [7, 11) is 0. The number of aromatic nitrogens is 1. The average molecular weight is 288 g/mol. The lowest BCUT2D eigenvalue weighted by atomic mass is 10.1. The molecule has 19 heavy (non-hydrogen) atoms. The van der Waals surface area contributed by atoms with Gasteiger partial charge >= 0.3 is 6.18 Å². The number of nitrogens with one attached hydrogen (secondary N) is 1. The molecule has 0 saturated carbocycles. The zero-order valence-corrected chi connectivity index (χ0v) is 10.3. The highest BCUT2D eigenvalue weighted by molar-refractivity contribution is 6.30. The van der Waals surface area contributed by atoms with Crippen LogP contribution in [0.1, 0.15) is 5.56 Å².